The monoisotopic (exact) mass is 641 g/mol. The van der Waals surface area contributed by atoms with E-state index in [4.69, 9.17) is 21.1 Å². The van der Waals surface area contributed by atoms with Crippen LogP contribution in [0.25, 0.3) is 0 Å². The molecule has 0 saturated carbocycles. The number of rotatable bonds is 12. The van der Waals surface area contributed by atoms with Crippen molar-refractivity contribution in [1.82, 2.24) is 4.72 Å². The lowest BCUT2D eigenvalue weighted by molar-refractivity contribution is 0.0558. The summed E-state index contributed by atoms with van der Waals surface area (Å²) in [5.41, 5.74) is 7.33. The molecule has 0 radical (unpaired) electrons. The van der Waals surface area contributed by atoms with Gasteiger partial charge in [0.15, 0.2) is 0 Å². The summed E-state index contributed by atoms with van der Waals surface area (Å²) in [6.45, 7) is 16.6. The molecule has 0 saturated heterocycles. The summed E-state index contributed by atoms with van der Waals surface area (Å²) in [5, 5.41) is 0.395. The lowest BCUT2D eigenvalue weighted by atomic mass is 9.85. The van der Waals surface area contributed by atoms with Gasteiger partial charge in [-0.25, -0.2) is 17.9 Å². The van der Waals surface area contributed by atoms with Crippen LogP contribution in [0.5, 0.6) is 11.5 Å². The van der Waals surface area contributed by atoms with Crippen LogP contribution in [0.15, 0.2) is 64.1 Å². The highest BCUT2D eigenvalue weighted by Gasteiger charge is 2.34. The number of hydrogen-bond donors (Lipinski definition) is 1. The van der Waals surface area contributed by atoms with Gasteiger partial charge in [0.1, 0.15) is 17.1 Å². The zero-order chi connectivity index (χ0) is 32.7. The van der Waals surface area contributed by atoms with E-state index in [0.717, 1.165) is 79.4 Å². The maximum Gasteiger partial charge on any atom is 0.426 e. The SMILES string of the molecule is CC(C)=CCCC(C)=CCCC(C)=CCC[C@]1(C)CCc2c(C)c(OC(=O)NS(=O)(=O)c3ccc(Cl)cc3)c(C)c(C)c2O1. The zero-order valence-electron chi connectivity index (χ0n) is 27.5. The van der Waals surface area contributed by atoms with Crippen LogP contribution < -0.4 is 14.2 Å². The lowest BCUT2D eigenvalue weighted by Crippen LogP contribution is -2.37. The van der Waals surface area contributed by atoms with Crippen LogP contribution >= 0.6 is 11.6 Å². The number of amides is 1. The van der Waals surface area contributed by atoms with Crippen molar-refractivity contribution >= 4 is 27.7 Å². The third kappa shape index (κ3) is 9.73. The third-order valence-corrected chi connectivity index (χ3v) is 9.97. The molecule has 2 aromatic rings. The zero-order valence-corrected chi connectivity index (χ0v) is 29.1. The van der Waals surface area contributed by atoms with E-state index in [1.54, 1.807) is 0 Å². The average Bonchev–Trinajstić information content (AvgIpc) is 2.94. The van der Waals surface area contributed by atoms with Crippen LogP contribution in [0.2, 0.25) is 5.02 Å². The highest BCUT2D eigenvalue weighted by molar-refractivity contribution is 7.90. The fourth-order valence-corrected chi connectivity index (χ4v) is 6.47. The Morgan fingerprint density at radius 2 is 1.52 bits per heavy atom. The molecule has 0 aliphatic carbocycles. The molecule has 0 fully saturated rings. The summed E-state index contributed by atoms with van der Waals surface area (Å²) in [7, 11) is -4.11. The molecule has 1 aliphatic rings. The minimum absolute atomic E-state index is 0.0794. The molecule has 1 heterocycles. The van der Waals surface area contributed by atoms with E-state index in [0.29, 0.717) is 10.8 Å². The predicted molar refractivity (Wildman–Crippen MR) is 180 cm³/mol. The molecule has 1 atom stereocenters. The van der Waals surface area contributed by atoms with Crippen molar-refractivity contribution in [2.45, 2.75) is 117 Å². The van der Waals surface area contributed by atoms with Crippen LogP contribution in [0.3, 0.4) is 0 Å². The molecular formula is C36H48ClNO5S. The highest BCUT2D eigenvalue weighted by Crippen LogP contribution is 2.45. The number of allylic oxidation sites excluding steroid dienone is 6. The minimum atomic E-state index is -4.11. The van der Waals surface area contributed by atoms with Gasteiger partial charge in [0, 0.05) is 10.6 Å². The van der Waals surface area contributed by atoms with Gasteiger partial charge in [-0.1, -0.05) is 46.5 Å². The second kappa shape index (κ2) is 15.3. The van der Waals surface area contributed by atoms with E-state index in [1.807, 2.05) is 25.5 Å². The van der Waals surface area contributed by atoms with Crippen molar-refractivity contribution in [1.29, 1.82) is 0 Å². The van der Waals surface area contributed by atoms with Gasteiger partial charge in [-0.3, -0.25) is 0 Å². The Hall–Kier alpha value is -3.03. The van der Waals surface area contributed by atoms with Crippen LogP contribution in [0, 0.1) is 20.8 Å². The van der Waals surface area contributed by atoms with Crippen LogP contribution in [-0.2, 0) is 16.4 Å². The van der Waals surface area contributed by atoms with Crippen molar-refractivity contribution in [3.05, 3.63) is 86.5 Å². The number of benzene rings is 2. The molecule has 8 heteroatoms. The van der Waals surface area contributed by atoms with E-state index in [9.17, 15) is 13.2 Å². The third-order valence-electron chi connectivity index (χ3n) is 8.39. The molecule has 0 unspecified atom stereocenters. The number of carbonyl (C=O) groups is 1. The van der Waals surface area contributed by atoms with E-state index >= 15 is 0 Å². The Bertz CT molecular complexity index is 1550. The maximum atomic E-state index is 12.7. The molecule has 240 valence electrons. The Morgan fingerprint density at radius 1 is 0.932 bits per heavy atom. The number of hydrogen-bond acceptors (Lipinski definition) is 5. The molecule has 1 aliphatic heterocycles. The van der Waals surface area contributed by atoms with Crippen LogP contribution in [-0.4, -0.2) is 20.1 Å². The van der Waals surface area contributed by atoms with Crippen molar-refractivity contribution in [2.24, 2.45) is 0 Å². The van der Waals surface area contributed by atoms with E-state index in [-0.39, 0.29) is 10.5 Å². The summed E-state index contributed by atoms with van der Waals surface area (Å²) in [5.74, 6) is 1.20. The molecule has 0 spiro atoms. The highest BCUT2D eigenvalue weighted by atomic mass is 35.5. The van der Waals surface area contributed by atoms with Crippen LogP contribution in [0.1, 0.15) is 102 Å². The molecule has 2 aromatic carbocycles. The summed E-state index contributed by atoms with van der Waals surface area (Å²) in [6.07, 6.45) is 13.8. The molecule has 0 bridgehead atoms. The second-order valence-electron chi connectivity index (χ2n) is 12.5. The Balaban J connectivity index is 1.62. The van der Waals surface area contributed by atoms with Gasteiger partial charge in [-0.05, 0) is 148 Å². The van der Waals surface area contributed by atoms with Gasteiger partial charge < -0.3 is 9.47 Å². The standard InChI is InChI=1S/C36H48ClNO5S/c1-24(2)12-9-13-25(3)14-10-15-26(4)16-11-22-36(8)23-21-32-29(7)33(27(5)28(6)34(32)43-36)42-35(39)38-44(40,41)31-19-17-30(37)18-20-31/h12,14,16-20H,9-11,13,15,21-23H2,1-8H3,(H,38,39)/t36-/m1/s1. The van der Waals surface area contributed by atoms with Crippen molar-refractivity contribution in [3.63, 3.8) is 0 Å². The number of nitrogens with one attached hydrogen (secondary N) is 1. The van der Waals surface area contributed by atoms with Crippen molar-refractivity contribution < 1.29 is 22.7 Å². The summed E-state index contributed by atoms with van der Waals surface area (Å²) < 4.78 is 39.6. The smallest absolute Gasteiger partial charge is 0.426 e. The lowest BCUT2D eigenvalue weighted by Gasteiger charge is -2.38. The van der Waals surface area contributed by atoms with Crippen molar-refractivity contribution in [2.75, 3.05) is 0 Å². The predicted octanol–water partition coefficient (Wildman–Crippen LogP) is 10.0. The first-order valence-corrected chi connectivity index (χ1v) is 17.2. The number of sulfonamides is 1. The molecule has 1 N–H and O–H groups in total. The number of halogens is 1. The van der Waals surface area contributed by atoms with Crippen LogP contribution in [0.4, 0.5) is 4.79 Å². The normalized spacial score (nSPS) is 17.0. The maximum absolute atomic E-state index is 12.7. The topological polar surface area (TPSA) is 81.7 Å². The molecule has 6 nitrogen and oxygen atoms in total. The van der Waals surface area contributed by atoms with Gasteiger partial charge in [-0.2, -0.15) is 0 Å². The molecular weight excluding hydrogens is 594 g/mol. The van der Waals surface area contributed by atoms with Crippen molar-refractivity contribution in [3.8, 4) is 11.5 Å². The molecule has 44 heavy (non-hydrogen) atoms. The fourth-order valence-electron chi connectivity index (χ4n) is 5.47. The largest absolute Gasteiger partial charge is 0.487 e. The second-order valence-corrected chi connectivity index (χ2v) is 14.6. The van der Waals surface area contributed by atoms with Gasteiger partial charge in [0.05, 0.1) is 4.90 Å². The summed E-state index contributed by atoms with van der Waals surface area (Å²) >= 11 is 5.86. The number of carbonyl (C=O) groups excluding carboxylic acids is 1. The molecule has 0 aromatic heterocycles. The fraction of sp³-hybridized carbons (Fsp3) is 0.472. The van der Waals surface area contributed by atoms with Gasteiger partial charge in [-0.15, -0.1) is 0 Å². The first-order chi connectivity index (χ1) is 20.6. The Kier molecular flexibility index (Phi) is 12.3. The first kappa shape index (κ1) is 35.4. The average molecular weight is 642 g/mol. The number of fused-ring (bicyclic) bond motifs is 1. The summed E-state index contributed by atoms with van der Waals surface area (Å²) in [6, 6.07) is 5.55. The van der Waals surface area contributed by atoms with Gasteiger partial charge in [0.2, 0.25) is 0 Å². The minimum Gasteiger partial charge on any atom is -0.487 e. The van der Waals surface area contributed by atoms with Gasteiger partial charge in [0.25, 0.3) is 10.0 Å². The van der Waals surface area contributed by atoms with E-state index in [2.05, 4.69) is 52.8 Å². The molecule has 3 rings (SSSR count). The first-order valence-electron chi connectivity index (χ1n) is 15.4. The van der Waals surface area contributed by atoms with E-state index in [1.165, 1.54) is 41.0 Å². The quantitative estimate of drug-likeness (QED) is 0.233. The number of ether oxygens (including phenoxy) is 2. The van der Waals surface area contributed by atoms with E-state index < -0.39 is 16.1 Å². The Morgan fingerprint density at radius 3 is 2.14 bits per heavy atom. The molecule has 1 amide bonds. The Labute approximate surface area is 269 Å². The summed E-state index contributed by atoms with van der Waals surface area (Å²) in [4.78, 5) is 12.6. The van der Waals surface area contributed by atoms with Gasteiger partial charge >= 0.3 is 6.09 Å².